The van der Waals surface area contributed by atoms with Gasteiger partial charge >= 0.3 is 0 Å². The Bertz CT molecular complexity index is 2210. The van der Waals surface area contributed by atoms with Crippen molar-refractivity contribution < 1.29 is 9.47 Å². The van der Waals surface area contributed by atoms with E-state index in [9.17, 15) is 0 Å². The van der Waals surface area contributed by atoms with Gasteiger partial charge in [-0.15, -0.1) is 0 Å². The quantitative estimate of drug-likeness (QED) is 0.118. The molecule has 0 atom stereocenters. The van der Waals surface area contributed by atoms with E-state index in [0.29, 0.717) is 0 Å². The fourth-order valence-corrected chi connectivity index (χ4v) is 6.32. The average Bonchev–Trinajstić information content (AvgIpc) is 3.22. The fraction of sp³-hybridized carbons (Fsp3) is 0.0800. The van der Waals surface area contributed by atoms with E-state index in [-0.39, 0.29) is 0 Å². The van der Waals surface area contributed by atoms with Crippen LogP contribution < -0.4 is 19.3 Å². The highest BCUT2D eigenvalue weighted by atomic mass is 16.5. The molecular weight excluding hydrogens is 661 g/mol. The number of aryl methyl sites for hydroxylation is 2. The predicted octanol–water partition coefficient (Wildman–Crippen LogP) is 13.6. The van der Waals surface area contributed by atoms with Gasteiger partial charge in [-0.2, -0.15) is 0 Å². The third-order valence-electron chi connectivity index (χ3n) is 9.42. The first-order valence-corrected chi connectivity index (χ1v) is 18.1. The topological polar surface area (TPSA) is 24.9 Å². The van der Waals surface area contributed by atoms with Crippen LogP contribution in [0.5, 0.6) is 11.5 Å². The Balaban J connectivity index is 1.02. The molecule has 4 heteroatoms. The minimum atomic E-state index is 0.823. The molecule has 0 amide bonds. The second-order valence-corrected chi connectivity index (χ2v) is 13.3. The van der Waals surface area contributed by atoms with Gasteiger partial charge < -0.3 is 19.3 Å². The molecule has 0 radical (unpaired) electrons. The molecule has 0 aromatic heterocycles. The van der Waals surface area contributed by atoms with E-state index in [1.165, 1.54) is 11.1 Å². The number of hydrogen-bond donors (Lipinski definition) is 0. The van der Waals surface area contributed by atoms with E-state index >= 15 is 0 Å². The Kier molecular flexibility index (Phi) is 11.0. The fourth-order valence-electron chi connectivity index (χ4n) is 6.32. The number of rotatable bonds is 12. The summed E-state index contributed by atoms with van der Waals surface area (Å²) in [6, 6.07) is 59.5. The zero-order chi connectivity index (χ0) is 37.3. The monoisotopic (exact) mass is 704 g/mol. The Morgan fingerprint density at radius 2 is 0.500 bits per heavy atom. The highest BCUT2D eigenvalue weighted by Gasteiger charge is 2.14. The van der Waals surface area contributed by atoms with Crippen molar-refractivity contribution in [2.75, 3.05) is 24.0 Å². The molecular formula is C50H44N2O2. The van der Waals surface area contributed by atoms with Crippen molar-refractivity contribution in [1.82, 2.24) is 0 Å². The lowest BCUT2D eigenvalue weighted by Crippen LogP contribution is -2.09. The normalized spacial score (nSPS) is 11.2. The van der Waals surface area contributed by atoms with Crippen molar-refractivity contribution in [2.24, 2.45) is 0 Å². The third-order valence-corrected chi connectivity index (χ3v) is 9.42. The van der Waals surface area contributed by atoms with E-state index < -0.39 is 0 Å². The van der Waals surface area contributed by atoms with Crippen LogP contribution in [-0.2, 0) is 0 Å². The molecule has 0 bridgehead atoms. The van der Waals surface area contributed by atoms with Gasteiger partial charge in [0.2, 0.25) is 0 Å². The van der Waals surface area contributed by atoms with Gasteiger partial charge in [0.15, 0.2) is 0 Å². The smallest absolute Gasteiger partial charge is 0.119 e. The SMILES string of the molecule is COc1ccc(N(c2ccc(C=Cc3ccc(C=Cc4ccc(N(c5ccc(C)cc5)c5ccc(C)cc5)cc4)cc3)cc2)c2ccc(OC)cc2)cc1. The van der Waals surface area contributed by atoms with Crippen LogP contribution in [0.25, 0.3) is 24.3 Å². The molecule has 0 N–H and O–H groups in total. The summed E-state index contributed by atoms with van der Waals surface area (Å²) in [5.41, 5.74) is 13.6. The van der Waals surface area contributed by atoms with Crippen LogP contribution in [-0.4, -0.2) is 14.2 Å². The van der Waals surface area contributed by atoms with E-state index in [0.717, 1.165) is 67.9 Å². The molecule has 0 unspecified atom stereocenters. The lowest BCUT2D eigenvalue weighted by Gasteiger charge is -2.26. The minimum absolute atomic E-state index is 0.823. The van der Waals surface area contributed by atoms with Crippen LogP contribution in [0.4, 0.5) is 34.1 Å². The molecule has 0 aliphatic heterocycles. The van der Waals surface area contributed by atoms with E-state index in [2.05, 4.69) is 194 Å². The van der Waals surface area contributed by atoms with Gasteiger partial charge in [0.25, 0.3) is 0 Å². The van der Waals surface area contributed by atoms with Gasteiger partial charge in [0.05, 0.1) is 14.2 Å². The maximum atomic E-state index is 5.40. The summed E-state index contributed by atoms with van der Waals surface area (Å²) < 4.78 is 10.8. The van der Waals surface area contributed by atoms with E-state index in [1.54, 1.807) is 14.2 Å². The molecule has 0 saturated carbocycles. The molecule has 4 nitrogen and oxygen atoms in total. The first kappa shape index (κ1) is 35.6. The highest BCUT2D eigenvalue weighted by molar-refractivity contribution is 5.80. The summed E-state index contributed by atoms with van der Waals surface area (Å²) >= 11 is 0. The first-order chi connectivity index (χ1) is 26.4. The highest BCUT2D eigenvalue weighted by Crippen LogP contribution is 2.37. The largest absolute Gasteiger partial charge is 0.497 e. The number of benzene rings is 7. The van der Waals surface area contributed by atoms with Crippen LogP contribution in [0.3, 0.4) is 0 Å². The van der Waals surface area contributed by atoms with Crippen LogP contribution in [0, 0.1) is 13.8 Å². The van der Waals surface area contributed by atoms with Crippen LogP contribution in [0.2, 0.25) is 0 Å². The average molecular weight is 705 g/mol. The second kappa shape index (κ2) is 16.7. The Morgan fingerprint density at radius 1 is 0.296 bits per heavy atom. The molecule has 0 fully saturated rings. The van der Waals surface area contributed by atoms with Crippen LogP contribution >= 0.6 is 0 Å². The third kappa shape index (κ3) is 8.63. The second-order valence-electron chi connectivity index (χ2n) is 13.3. The first-order valence-electron chi connectivity index (χ1n) is 18.1. The number of methoxy groups -OCH3 is 2. The van der Waals surface area contributed by atoms with E-state index in [4.69, 9.17) is 9.47 Å². The van der Waals surface area contributed by atoms with Gasteiger partial charge in [-0.1, -0.05) is 108 Å². The van der Waals surface area contributed by atoms with Gasteiger partial charge in [0, 0.05) is 34.1 Å². The summed E-state index contributed by atoms with van der Waals surface area (Å²) in [5.74, 6) is 1.65. The van der Waals surface area contributed by atoms with Crippen molar-refractivity contribution >= 4 is 58.4 Å². The van der Waals surface area contributed by atoms with Crippen LogP contribution in [0.15, 0.2) is 170 Å². The lowest BCUT2D eigenvalue weighted by molar-refractivity contribution is 0.415. The summed E-state index contributed by atoms with van der Waals surface area (Å²) in [6.07, 6.45) is 8.63. The predicted molar refractivity (Wildman–Crippen MR) is 229 cm³/mol. The molecule has 266 valence electrons. The van der Waals surface area contributed by atoms with Gasteiger partial charge in [0.1, 0.15) is 11.5 Å². The minimum Gasteiger partial charge on any atom is -0.497 e. The number of hydrogen-bond acceptors (Lipinski definition) is 4. The lowest BCUT2D eigenvalue weighted by atomic mass is 10.1. The maximum Gasteiger partial charge on any atom is 0.119 e. The summed E-state index contributed by atoms with van der Waals surface area (Å²) in [5, 5.41) is 0. The molecule has 0 aliphatic rings. The zero-order valence-corrected chi connectivity index (χ0v) is 31.2. The Labute approximate surface area is 319 Å². The zero-order valence-electron chi connectivity index (χ0n) is 31.2. The Morgan fingerprint density at radius 3 is 0.741 bits per heavy atom. The standard InChI is InChI=1S/C50H44N2O2/c1-37-5-21-43(22-6-37)51(44-23-7-38(2)8-24-44)45-25-17-41(18-26-45)15-13-39-9-11-40(12-10-39)14-16-42-19-27-46(28-20-42)52(47-29-33-49(53-3)34-30-47)48-31-35-50(54-4)36-32-48/h5-36H,1-4H3. The summed E-state index contributed by atoms with van der Waals surface area (Å²) in [7, 11) is 3.37. The van der Waals surface area contributed by atoms with Crippen molar-refractivity contribution in [3.8, 4) is 11.5 Å². The molecule has 0 heterocycles. The number of anilines is 6. The van der Waals surface area contributed by atoms with Crippen molar-refractivity contribution in [3.63, 3.8) is 0 Å². The van der Waals surface area contributed by atoms with Crippen molar-refractivity contribution in [2.45, 2.75) is 13.8 Å². The summed E-state index contributed by atoms with van der Waals surface area (Å²) in [6.45, 7) is 4.24. The Hall–Kier alpha value is -6.78. The molecule has 7 aromatic rings. The van der Waals surface area contributed by atoms with Gasteiger partial charge in [-0.25, -0.2) is 0 Å². The summed E-state index contributed by atoms with van der Waals surface area (Å²) in [4.78, 5) is 4.52. The van der Waals surface area contributed by atoms with Crippen molar-refractivity contribution in [1.29, 1.82) is 0 Å². The van der Waals surface area contributed by atoms with Crippen molar-refractivity contribution in [3.05, 3.63) is 203 Å². The molecule has 54 heavy (non-hydrogen) atoms. The maximum absolute atomic E-state index is 5.40. The van der Waals surface area contributed by atoms with E-state index in [1.807, 2.05) is 24.3 Å². The van der Waals surface area contributed by atoms with Gasteiger partial charge in [-0.05, 0) is 133 Å². The number of ether oxygens (including phenoxy) is 2. The molecule has 0 saturated heterocycles. The number of nitrogens with zero attached hydrogens (tertiary/aromatic N) is 2. The molecule has 0 spiro atoms. The van der Waals surface area contributed by atoms with Crippen LogP contribution in [0.1, 0.15) is 33.4 Å². The van der Waals surface area contributed by atoms with Gasteiger partial charge in [-0.3, -0.25) is 0 Å². The molecule has 7 rings (SSSR count). The molecule has 0 aliphatic carbocycles. The molecule has 7 aromatic carbocycles.